The van der Waals surface area contributed by atoms with E-state index in [0.717, 1.165) is 0 Å². The Labute approximate surface area is 101 Å². The topological polar surface area (TPSA) is 110 Å². The molecule has 0 aliphatic carbocycles. The molecular weight excluding hydrogens is 244 g/mol. The third-order valence-corrected chi connectivity index (χ3v) is 3.83. The summed E-state index contributed by atoms with van der Waals surface area (Å²) in [6.07, 6.45) is 0. The normalized spacial score (nSPS) is 13.0. The minimum Gasteiger partial charge on any atom is -0.389 e. The first-order valence-corrected chi connectivity index (χ1v) is 6.54. The van der Waals surface area contributed by atoms with Crippen LogP contribution in [0.25, 0.3) is 0 Å². The molecule has 0 bridgehead atoms. The molecule has 0 aromatic carbocycles. The first-order valence-electron chi connectivity index (χ1n) is 5.06. The fraction of sp³-hybridized carbons (Fsp3) is 0.667. The predicted molar refractivity (Wildman–Crippen MR) is 63.8 cm³/mol. The van der Waals surface area contributed by atoms with Crippen LogP contribution in [0.4, 0.5) is 5.82 Å². The molecule has 0 aliphatic rings. The molecule has 1 aromatic heterocycles. The molecule has 0 radical (unpaired) electrons. The van der Waals surface area contributed by atoms with Crippen molar-refractivity contribution in [2.45, 2.75) is 31.3 Å². The van der Waals surface area contributed by atoms with Gasteiger partial charge >= 0.3 is 0 Å². The average Bonchev–Trinajstić information content (AvgIpc) is 2.37. The van der Waals surface area contributed by atoms with E-state index < -0.39 is 15.6 Å². The number of nitrogens with zero attached hydrogens (tertiary/aromatic N) is 2. The lowest BCUT2D eigenvalue weighted by Crippen LogP contribution is -2.38. The van der Waals surface area contributed by atoms with Gasteiger partial charge in [-0.25, -0.2) is 13.1 Å². The molecule has 0 spiro atoms. The van der Waals surface area contributed by atoms with Crippen LogP contribution >= 0.6 is 0 Å². The highest BCUT2D eigenvalue weighted by Crippen LogP contribution is 2.20. The second-order valence-electron chi connectivity index (χ2n) is 4.56. The number of hydrogen-bond donors (Lipinski definition) is 3. The fourth-order valence-corrected chi connectivity index (χ4v) is 2.81. The molecule has 0 fully saturated rings. The number of anilines is 1. The van der Waals surface area contributed by atoms with Crippen LogP contribution in [0.1, 0.15) is 19.5 Å². The highest BCUT2D eigenvalue weighted by atomic mass is 32.2. The summed E-state index contributed by atoms with van der Waals surface area (Å²) in [5.41, 5.74) is 4.88. The van der Waals surface area contributed by atoms with Crippen molar-refractivity contribution in [3.63, 3.8) is 0 Å². The lowest BCUT2D eigenvalue weighted by Gasteiger charge is -2.17. The van der Waals surface area contributed by atoms with Gasteiger partial charge in [-0.05, 0) is 20.8 Å². The summed E-state index contributed by atoms with van der Waals surface area (Å²) in [6.45, 7) is 4.54. The van der Waals surface area contributed by atoms with Gasteiger partial charge in [0.05, 0.1) is 11.3 Å². The monoisotopic (exact) mass is 262 g/mol. The molecule has 0 aliphatic heterocycles. The molecule has 0 saturated heterocycles. The minimum absolute atomic E-state index is 0.0377. The van der Waals surface area contributed by atoms with Crippen molar-refractivity contribution >= 4 is 15.8 Å². The van der Waals surface area contributed by atoms with Gasteiger partial charge in [-0.3, -0.25) is 4.68 Å². The van der Waals surface area contributed by atoms with Crippen LogP contribution in [0.5, 0.6) is 0 Å². The predicted octanol–water partition coefficient (Wildman–Crippen LogP) is -0.640. The Morgan fingerprint density at radius 2 is 2.06 bits per heavy atom. The van der Waals surface area contributed by atoms with E-state index in [1.807, 2.05) is 0 Å². The molecule has 0 atom stereocenters. The molecule has 8 heteroatoms. The van der Waals surface area contributed by atoms with Crippen molar-refractivity contribution < 1.29 is 13.5 Å². The lowest BCUT2D eigenvalue weighted by molar-refractivity contribution is 0.0857. The molecular formula is C9H18N4O3S. The molecule has 98 valence electrons. The van der Waals surface area contributed by atoms with Gasteiger partial charge in [0, 0.05) is 13.6 Å². The van der Waals surface area contributed by atoms with Gasteiger partial charge in [-0.15, -0.1) is 0 Å². The number of rotatable bonds is 4. The van der Waals surface area contributed by atoms with E-state index in [-0.39, 0.29) is 17.3 Å². The number of sulfonamides is 1. The zero-order valence-electron chi connectivity index (χ0n) is 10.4. The van der Waals surface area contributed by atoms with E-state index in [4.69, 9.17) is 5.73 Å². The smallest absolute Gasteiger partial charge is 0.246 e. The summed E-state index contributed by atoms with van der Waals surface area (Å²) in [5, 5.41) is 13.3. The Hall–Kier alpha value is -1.12. The second-order valence-corrected chi connectivity index (χ2v) is 6.26. The highest BCUT2D eigenvalue weighted by Gasteiger charge is 2.26. The van der Waals surface area contributed by atoms with Gasteiger partial charge in [-0.1, -0.05) is 0 Å². The number of aromatic nitrogens is 2. The van der Waals surface area contributed by atoms with Crippen LogP contribution in [0, 0.1) is 6.92 Å². The average molecular weight is 262 g/mol. The molecule has 0 saturated carbocycles. The van der Waals surface area contributed by atoms with Crippen molar-refractivity contribution in [3.8, 4) is 0 Å². The third-order valence-electron chi connectivity index (χ3n) is 2.27. The van der Waals surface area contributed by atoms with Gasteiger partial charge in [0.15, 0.2) is 5.82 Å². The Bertz CT molecular complexity index is 513. The quantitative estimate of drug-likeness (QED) is 0.668. The maximum Gasteiger partial charge on any atom is 0.246 e. The first kappa shape index (κ1) is 13.9. The minimum atomic E-state index is -3.75. The fourth-order valence-electron chi connectivity index (χ4n) is 1.29. The Balaban J connectivity index is 3.06. The van der Waals surface area contributed by atoms with Crippen LogP contribution < -0.4 is 10.5 Å². The van der Waals surface area contributed by atoms with Gasteiger partial charge < -0.3 is 10.8 Å². The SMILES string of the molecule is Cc1c(S(=O)(=O)NCC(C)(C)O)c(N)nn1C. The van der Waals surface area contributed by atoms with Gasteiger partial charge in [0.25, 0.3) is 0 Å². The Morgan fingerprint density at radius 3 is 2.41 bits per heavy atom. The maximum absolute atomic E-state index is 12.0. The number of nitrogens with two attached hydrogens (primary N) is 1. The van der Waals surface area contributed by atoms with Gasteiger partial charge in [0.2, 0.25) is 10.0 Å². The molecule has 1 rings (SSSR count). The molecule has 0 unspecified atom stereocenters. The van der Waals surface area contributed by atoms with Crippen molar-refractivity contribution in [2.24, 2.45) is 7.05 Å². The van der Waals surface area contributed by atoms with Gasteiger partial charge in [-0.2, -0.15) is 5.10 Å². The molecule has 17 heavy (non-hydrogen) atoms. The summed E-state index contributed by atoms with van der Waals surface area (Å²) >= 11 is 0. The summed E-state index contributed by atoms with van der Waals surface area (Å²) < 4.78 is 27.7. The summed E-state index contributed by atoms with van der Waals surface area (Å²) in [4.78, 5) is -0.0377. The first-order chi connectivity index (χ1) is 7.54. The number of nitrogen functional groups attached to an aromatic ring is 1. The molecule has 0 amide bonds. The molecule has 4 N–H and O–H groups in total. The van der Waals surface area contributed by atoms with Crippen LogP contribution in [0.3, 0.4) is 0 Å². The largest absolute Gasteiger partial charge is 0.389 e. The van der Waals surface area contributed by atoms with E-state index in [1.54, 1.807) is 14.0 Å². The van der Waals surface area contributed by atoms with Crippen molar-refractivity contribution in [2.75, 3.05) is 12.3 Å². The molecule has 1 aromatic rings. The number of aryl methyl sites for hydroxylation is 1. The number of nitrogens with one attached hydrogen (secondary N) is 1. The standard InChI is InChI=1S/C9H18N4O3S/c1-6-7(8(10)12-13(6)4)17(15,16)11-5-9(2,3)14/h11,14H,5H2,1-4H3,(H2,10,12). The summed E-state index contributed by atoms with van der Waals surface area (Å²) in [5.74, 6) is -0.0479. The van der Waals surface area contributed by atoms with Crippen LogP contribution in [-0.2, 0) is 17.1 Å². The van der Waals surface area contributed by atoms with Crippen LogP contribution in [0.15, 0.2) is 4.90 Å². The van der Waals surface area contributed by atoms with E-state index in [9.17, 15) is 13.5 Å². The Morgan fingerprint density at radius 1 is 1.53 bits per heavy atom. The van der Waals surface area contributed by atoms with Gasteiger partial charge in [0.1, 0.15) is 4.90 Å². The van der Waals surface area contributed by atoms with Crippen LogP contribution in [-0.4, -0.2) is 35.5 Å². The van der Waals surface area contributed by atoms with E-state index in [2.05, 4.69) is 9.82 Å². The molecule has 1 heterocycles. The maximum atomic E-state index is 12.0. The lowest BCUT2D eigenvalue weighted by atomic mass is 10.1. The second kappa shape index (κ2) is 4.28. The zero-order chi connectivity index (χ0) is 13.4. The zero-order valence-corrected chi connectivity index (χ0v) is 11.2. The third kappa shape index (κ3) is 3.18. The van der Waals surface area contributed by atoms with E-state index in [1.165, 1.54) is 18.5 Å². The van der Waals surface area contributed by atoms with Crippen molar-refractivity contribution in [1.29, 1.82) is 0 Å². The highest BCUT2D eigenvalue weighted by molar-refractivity contribution is 7.89. The van der Waals surface area contributed by atoms with Crippen molar-refractivity contribution in [3.05, 3.63) is 5.69 Å². The van der Waals surface area contributed by atoms with E-state index >= 15 is 0 Å². The van der Waals surface area contributed by atoms with E-state index in [0.29, 0.717) is 5.69 Å². The molecule has 7 nitrogen and oxygen atoms in total. The van der Waals surface area contributed by atoms with Crippen LogP contribution in [0.2, 0.25) is 0 Å². The van der Waals surface area contributed by atoms with Crippen molar-refractivity contribution in [1.82, 2.24) is 14.5 Å². The Kier molecular flexibility index (Phi) is 3.51. The summed E-state index contributed by atoms with van der Waals surface area (Å²) in [7, 11) is -2.14. The summed E-state index contributed by atoms with van der Waals surface area (Å²) in [6, 6.07) is 0. The number of aliphatic hydroxyl groups is 1. The number of hydrogen-bond acceptors (Lipinski definition) is 5.